The van der Waals surface area contributed by atoms with Gasteiger partial charge in [0, 0.05) is 50.7 Å². The molecule has 0 spiro atoms. The quantitative estimate of drug-likeness (QED) is 0.913. The zero-order valence-corrected chi connectivity index (χ0v) is 13.7. The number of benzene rings is 1. The van der Waals surface area contributed by atoms with Crippen LogP contribution in [0.4, 0.5) is 5.13 Å². The van der Waals surface area contributed by atoms with E-state index in [4.69, 9.17) is 0 Å². The SMILES string of the molecule is CCc1nsc(N2CCN(CC(O)c3ccccc3)CC2)n1. The fraction of sp³-hybridized carbons (Fsp3) is 0.500. The van der Waals surface area contributed by atoms with Crippen LogP contribution in [0.5, 0.6) is 0 Å². The van der Waals surface area contributed by atoms with Gasteiger partial charge < -0.3 is 10.0 Å². The van der Waals surface area contributed by atoms with E-state index < -0.39 is 6.10 Å². The molecule has 1 aromatic heterocycles. The fourth-order valence-electron chi connectivity index (χ4n) is 2.66. The Morgan fingerprint density at radius 1 is 1.18 bits per heavy atom. The molecule has 0 saturated carbocycles. The molecule has 0 radical (unpaired) electrons. The van der Waals surface area contributed by atoms with Crippen LogP contribution in [0.15, 0.2) is 30.3 Å². The van der Waals surface area contributed by atoms with Gasteiger partial charge in [-0.15, -0.1) is 0 Å². The zero-order valence-electron chi connectivity index (χ0n) is 12.9. The Bertz CT molecular complexity index is 581. The van der Waals surface area contributed by atoms with Crippen LogP contribution in [0.3, 0.4) is 0 Å². The standard InChI is InChI=1S/C16H22N4OS/c1-2-15-17-16(22-18-15)20-10-8-19(9-11-20)12-14(21)13-6-4-3-5-7-13/h3-7,14,21H,2,8-12H2,1H3. The number of aliphatic hydroxyl groups excluding tert-OH is 1. The van der Waals surface area contributed by atoms with Gasteiger partial charge in [-0.25, -0.2) is 4.98 Å². The van der Waals surface area contributed by atoms with Crippen LogP contribution in [0, 0.1) is 0 Å². The lowest BCUT2D eigenvalue weighted by atomic mass is 10.1. The monoisotopic (exact) mass is 318 g/mol. The van der Waals surface area contributed by atoms with E-state index in [1.54, 1.807) is 0 Å². The highest BCUT2D eigenvalue weighted by Gasteiger charge is 2.21. The lowest BCUT2D eigenvalue weighted by molar-refractivity contribution is 0.109. The molecule has 2 aromatic rings. The highest BCUT2D eigenvalue weighted by Crippen LogP contribution is 2.20. The molecule has 2 heterocycles. The predicted octanol–water partition coefficient (Wildman–Crippen LogP) is 1.96. The molecular weight excluding hydrogens is 296 g/mol. The Labute approximate surface area is 135 Å². The number of aryl methyl sites for hydroxylation is 1. The first kappa shape index (κ1) is 15.4. The number of aromatic nitrogens is 2. The molecule has 0 aliphatic carbocycles. The summed E-state index contributed by atoms with van der Waals surface area (Å²) in [4.78, 5) is 9.16. The average molecular weight is 318 g/mol. The molecule has 1 N–H and O–H groups in total. The van der Waals surface area contributed by atoms with Crippen molar-refractivity contribution < 1.29 is 5.11 Å². The predicted molar refractivity (Wildman–Crippen MR) is 89.3 cm³/mol. The highest BCUT2D eigenvalue weighted by molar-refractivity contribution is 7.09. The number of anilines is 1. The van der Waals surface area contributed by atoms with Gasteiger partial charge in [-0.05, 0) is 5.56 Å². The maximum Gasteiger partial charge on any atom is 0.205 e. The first-order valence-electron chi connectivity index (χ1n) is 7.79. The minimum atomic E-state index is -0.416. The Balaban J connectivity index is 1.51. The number of hydrogen-bond donors (Lipinski definition) is 1. The third-order valence-electron chi connectivity index (χ3n) is 4.03. The van der Waals surface area contributed by atoms with Crippen LogP contribution < -0.4 is 4.90 Å². The van der Waals surface area contributed by atoms with Crippen molar-refractivity contribution in [2.45, 2.75) is 19.4 Å². The van der Waals surface area contributed by atoms with Crippen LogP contribution >= 0.6 is 11.5 Å². The molecule has 1 fully saturated rings. The van der Waals surface area contributed by atoms with Crippen molar-refractivity contribution in [1.29, 1.82) is 0 Å². The molecule has 118 valence electrons. The molecule has 1 saturated heterocycles. The first-order valence-corrected chi connectivity index (χ1v) is 8.56. The summed E-state index contributed by atoms with van der Waals surface area (Å²) in [7, 11) is 0. The van der Waals surface area contributed by atoms with Crippen molar-refractivity contribution in [3.8, 4) is 0 Å². The maximum absolute atomic E-state index is 10.3. The maximum atomic E-state index is 10.3. The van der Waals surface area contributed by atoms with Crippen molar-refractivity contribution in [3.05, 3.63) is 41.7 Å². The summed E-state index contributed by atoms with van der Waals surface area (Å²) < 4.78 is 4.35. The average Bonchev–Trinajstić information content (AvgIpc) is 3.05. The topological polar surface area (TPSA) is 52.5 Å². The summed E-state index contributed by atoms with van der Waals surface area (Å²) >= 11 is 1.49. The van der Waals surface area contributed by atoms with Gasteiger partial charge in [0.2, 0.25) is 5.13 Å². The van der Waals surface area contributed by atoms with Gasteiger partial charge >= 0.3 is 0 Å². The molecule has 3 rings (SSSR count). The van der Waals surface area contributed by atoms with Crippen LogP contribution in [0.25, 0.3) is 0 Å². The van der Waals surface area contributed by atoms with Crippen LogP contribution in [0.2, 0.25) is 0 Å². The molecule has 1 aliphatic heterocycles. The van der Waals surface area contributed by atoms with E-state index in [2.05, 4.69) is 26.1 Å². The normalized spacial score (nSPS) is 17.6. The lowest BCUT2D eigenvalue weighted by Gasteiger charge is -2.35. The number of nitrogens with zero attached hydrogens (tertiary/aromatic N) is 4. The minimum absolute atomic E-state index is 0.416. The Morgan fingerprint density at radius 3 is 2.55 bits per heavy atom. The van der Waals surface area contributed by atoms with Crippen LogP contribution in [-0.4, -0.2) is 52.1 Å². The van der Waals surface area contributed by atoms with Crippen molar-refractivity contribution >= 4 is 16.7 Å². The molecule has 5 nitrogen and oxygen atoms in total. The molecule has 22 heavy (non-hydrogen) atoms. The Hall–Kier alpha value is -1.50. The number of hydrogen-bond acceptors (Lipinski definition) is 6. The lowest BCUT2D eigenvalue weighted by Crippen LogP contribution is -2.47. The van der Waals surface area contributed by atoms with E-state index >= 15 is 0 Å². The second-order valence-corrected chi connectivity index (χ2v) is 6.29. The zero-order chi connectivity index (χ0) is 15.4. The molecule has 1 atom stereocenters. The van der Waals surface area contributed by atoms with Gasteiger partial charge in [0.15, 0.2) is 0 Å². The van der Waals surface area contributed by atoms with E-state index in [1.807, 2.05) is 30.3 Å². The second-order valence-electron chi connectivity index (χ2n) is 5.56. The van der Waals surface area contributed by atoms with Gasteiger partial charge in [0.05, 0.1) is 6.10 Å². The molecule has 1 aliphatic rings. The molecular formula is C16H22N4OS. The molecule has 0 bridgehead atoms. The smallest absolute Gasteiger partial charge is 0.205 e. The van der Waals surface area contributed by atoms with E-state index in [1.165, 1.54) is 11.5 Å². The Kier molecular flexibility index (Phi) is 5.02. The van der Waals surface area contributed by atoms with Gasteiger partial charge in [0.1, 0.15) is 5.82 Å². The summed E-state index contributed by atoms with van der Waals surface area (Å²) in [6.45, 7) is 6.55. The summed E-state index contributed by atoms with van der Waals surface area (Å²) in [5.74, 6) is 0.932. The van der Waals surface area contributed by atoms with Crippen molar-refractivity contribution in [2.75, 3.05) is 37.6 Å². The Morgan fingerprint density at radius 2 is 1.91 bits per heavy atom. The van der Waals surface area contributed by atoms with Gasteiger partial charge in [0.25, 0.3) is 0 Å². The third-order valence-corrected chi connectivity index (χ3v) is 4.85. The number of aliphatic hydroxyl groups is 1. The van der Waals surface area contributed by atoms with Crippen LogP contribution in [0.1, 0.15) is 24.4 Å². The second kappa shape index (κ2) is 7.17. The van der Waals surface area contributed by atoms with Crippen molar-refractivity contribution in [1.82, 2.24) is 14.3 Å². The van der Waals surface area contributed by atoms with E-state index in [0.717, 1.165) is 49.1 Å². The summed E-state index contributed by atoms with van der Waals surface area (Å²) in [6.07, 6.45) is 0.473. The van der Waals surface area contributed by atoms with Gasteiger partial charge in [-0.1, -0.05) is 37.3 Å². The molecule has 6 heteroatoms. The van der Waals surface area contributed by atoms with E-state index in [9.17, 15) is 5.11 Å². The highest BCUT2D eigenvalue weighted by atomic mass is 32.1. The minimum Gasteiger partial charge on any atom is -0.387 e. The largest absolute Gasteiger partial charge is 0.387 e. The molecule has 0 amide bonds. The summed E-state index contributed by atoms with van der Waals surface area (Å²) in [6, 6.07) is 9.87. The number of β-amino-alcohol motifs (C(OH)–C–C–N with tert-alkyl or cyclic N) is 1. The fourth-order valence-corrected chi connectivity index (χ4v) is 3.46. The molecule has 1 aromatic carbocycles. The van der Waals surface area contributed by atoms with E-state index in [0.29, 0.717) is 6.54 Å². The van der Waals surface area contributed by atoms with Gasteiger partial charge in [-0.3, -0.25) is 4.90 Å². The van der Waals surface area contributed by atoms with Crippen molar-refractivity contribution in [3.63, 3.8) is 0 Å². The number of piperazine rings is 1. The molecule has 1 unspecified atom stereocenters. The van der Waals surface area contributed by atoms with Crippen LogP contribution in [-0.2, 0) is 6.42 Å². The van der Waals surface area contributed by atoms with E-state index in [-0.39, 0.29) is 0 Å². The first-order chi connectivity index (χ1) is 10.8. The number of rotatable bonds is 5. The third kappa shape index (κ3) is 3.63. The summed E-state index contributed by atoms with van der Waals surface area (Å²) in [5.41, 5.74) is 0.988. The van der Waals surface area contributed by atoms with Gasteiger partial charge in [-0.2, -0.15) is 4.37 Å². The summed E-state index contributed by atoms with van der Waals surface area (Å²) in [5, 5.41) is 11.3. The van der Waals surface area contributed by atoms with Crippen molar-refractivity contribution in [2.24, 2.45) is 0 Å².